The average Bonchev–Trinajstić information content (AvgIpc) is 3.22. The van der Waals surface area contributed by atoms with Gasteiger partial charge in [-0.15, -0.1) is 0 Å². The first-order valence-corrected chi connectivity index (χ1v) is 13.4. The smallest absolute Gasteiger partial charge is 0.273 e. The summed E-state index contributed by atoms with van der Waals surface area (Å²) in [5, 5.41) is 6.33. The Balaban J connectivity index is 1.73. The fraction of sp³-hybridized carbons (Fsp3) is 0.455. The van der Waals surface area contributed by atoms with E-state index in [-0.39, 0.29) is 23.7 Å². The van der Waals surface area contributed by atoms with Crippen LogP contribution in [0, 0.1) is 0 Å². The maximum absolute atomic E-state index is 12.2. The van der Waals surface area contributed by atoms with Crippen LogP contribution >= 0.6 is 0 Å². The van der Waals surface area contributed by atoms with Crippen molar-refractivity contribution in [1.82, 2.24) is 21.3 Å². The van der Waals surface area contributed by atoms with E-state index in [9.17, 15) is 14.4 Å². The molecule has 9 nitrogen and oxygen atoms in total. The van der Waals surface area contributed by atoms with Crippen molar-refractivity contribution in [3.05, 3.63) is 42.1 Å². The van der Waals surface area contributed by atoms with Gasteiger partial charge in [0.05, 0.1) is 0 Å². The SMILES string of the molecule is C[C@@H](O[Si](C)(C)C(C)(C)C)C(=O)NNC(=O)CCNC(=O)c1cc(-c2ccccc2)on1. The second kappa shape index (κ2) is 10.6. The third-order valence-electron chi connectivity index (χ3n) is 5.41. The van der Waals surface area contributed by atoms with Gasteiger partial charge in [0.2, 0.25) is 5.91 Å². The molecule has 0 unspecified atom stereocenters. The zero-order valence-electron chi connectivity index (χ0n) is 19.4. The Morgan fingerprint density at radius 3 is 2.41 bits per heavy atom. The van der Waals surface area contributed by atoms with Gasteiger partial charge in [-0.25, -0.2) is 0 Å². The number of hydrazine groups is 1. The summed E-state index contributed by atoms with van der Waals surface area (Å²) in [6, 6.07) is 10.8. The highest BCUT2D eigenvalue weighted by molar-refractivity contribution is 6.74. The standard InChI is InChI=1S/C22H32N4O5Si/c1-15(31-32(5,6)22(2,3)4)20(28)25-24-19(27)12-13-23-21(29)17-14-18(30-26-17)16-10-8-7-9-11-16/h7-11,14-15H,12-13H2,1-6H3,(H,23,29)(H,24,27)(H,25,28)/t15-/m1/s1. The minimum absolute atomic E-state index is 0.0209. The molecule has 3 N–H and O–H groups in total. The summed E-state index contributed by atoms with van der Waals surface area (Å²) in [4.78, 5) is 36.4. The Morgan fingerprint density at radius 1 is 1.12 bits per heavy atom. The molecule has 0 radical (unpaired) electrons. The third kappa shape index (κ3) is 7.03. The van der Waals surface area contributed by atoms with Crippen LogP contribution < -0.4 is 16.2 Å². The van der Waals surface area contributed by atoms with Crippen molar-refractivity contribution in [2.45, 2.75) is 58.4 Å². The van der Waals surface area contributed by atoms with Gasteiger partial charge >= 0.3 is 0 Å². The van der Waals surface area contributed by atoms with Crippen molar-refractivity contribution in [2.75, 3.05) is 6.54 Å². The number of nitrogens with zero attached hydrogens (tertiary/aromatic N) is 1. The highest BCUT2D eigenvalue weighted by Gasteiger charge is 2.39. The number of aromatic nitrogens is 1. The lowest BCUT2D eigenvalue weighted by Crippen LogP contribution is -2.51. The van der Waals surface area contributed by atoms with E-state index < -0.39 is 32.1 Å². The molecule has 10 heteroatoms. The molecule has 2 aromatic rings. The van der Waals surface area contributed by atoms with Gasteiger partial charge in [-0.2, -0.15) is 0 Å². The predicted octanol–water partition coefficient (Wildman–Crippen LogP) is 3.02. The molecule has 0 aliphatic carbocycles. The second-order valence-electron chi connectivity index (χ2n) is 9.01. The van der Waals surface area contributed by atoms with E-state index in [1.54, 1.807) is 6.92 Å². The largest absolute Gasteiger partial charge is 0.405 e. The molecule has 0 bridgehead atoms. The van der Waals surface area contributed by atoms with Crippen molar-refractivity contribution < 1.29 is 23.3 Å². The van der Waals surface area contributed by atoms with Crippen LogP contribution in [0.5, 0.6) is 0 Å². The number of nitrogens with one attached hydrogen (secondary N) is 3. The van der Waals surface area contributed by atoms with Crippen LogP contribution in [-0.2, 0) is 14.0 Å². The maximum atomic E-state index is 12.2. The lowest BCUT2D eigenvalue weighted by molar-refractivity contribution is -0.133. The van der Waals surface area contributed by atoms with Crippen molar-refractivity contribution in [2.24, 2.45) is 0 Å². The molecule has 0 fully saturated rings. The molecular weight excluding hydrogens is 428 g/mol. The molecule has 1 heterocycles. The Morgan fingerprint density at radius 2 is 1.78 bits per heavy atom. The maximum Gasteiger partial charge on any atom is 0.273 e. The van der Waals surface area contributed by atoms with Crippen LogP contribution in [0.25, 0.3) is 11.3 Å². The Bertz CT molecular complexity index is 937. The number of benzene rings is 1. The van der Waals surface area contributed by atoms with Crippen molar-refractivity contribution in [1.29, 1.82) is 0 Å². The number of amides is 3. The summed E-state index contributed by atoms with van der Waals surface area (Å²) in [6.07, 6.45) is -0.714. The first kappa shape index (κ1) is 25.3. The van der Waals surface area contributed by atoms with Crippen molar-refractivity contribution >= 4 is 26.0 Å². The van der Waals surface area contributed by atoms with Gasteiger partial charge in [0.1, 0.15) is 6.10 Å². The molecule has 1 atom stereocenters. The van der Waals surface area contributed by atoms with Gasteiger partial charge in [0.25, 0.3) is 11.8 Å². The molecule has 2 rings (SSSR count). The Kier molecular flexibility index (Phi) is 8.34. The van der Waals surface area contributed by atoms with Gasteiger partial charge in [-0.05, 0) is 25.1 Å². The summed E-state index contributed by atoms with van der Waals surface area (Å²) in [5.41, 5.74) is 5.63. The van der Waals surface area contributed by atoms with Gasteiger partial charge in [0.15, 0.2) is 19.8 Å². The summed E-state index contributed by atoms with van der Waals surface area (Å²) in [7, 11) is -2.11. The Labute approximate surface area is 189 Å². The van der Waals surface area contributed by atoms with Crippen LogP contribution in [-0.4, -0.2) is 43.8 Å². The molecule has 0 aliphatic heterocycles. The van der Waals surface area contributed by atoms with Gasteiger partial charge in [-0.1, -0.05) is 56.3 Å². The first-order valence-electron chi connectivity index (χ1n) is 10.5. The van der Waals surface area contributed by atoms with Crippen LogP contribution in [0.2, 0.25) is 18.1 Å². The third-order valence-corrected chi connectivity index (χ3v) is 9.97. The van der Waals surface area contributed by atoms with E-state index in [2.05, 4.69) is 55.2 Å². The molecule has 0 saturated carbocycles. The van der Waals surface area contributed by atoms with Crippen LogP contribution in [0.3, 0.4) is 0 Å². The fourth-order valence-corrected chi connectivity index (χ4v) is 3.81. The Hall–Kier alpha value is -2.98. The van der Waals surface area contributed by atoms with Gasteiger partial charge in [-0.3, -0.25) is 25.2 Å². The number of hydrogen-bond acceptors (Lipinski definition) is 6. The number of rotatable bonds is 8. The fourth-order valence-electron chi connectivity index (χ4n) is 2.47. The zero-order valence-corrected chi connectivity index (χ0v) is 20.4. The topological polar surface area (TPSA) is 123 Å². The van der Waals surface area contributed by atoms with E-state index in [1.807, 2.05) is 30.3 Å². The zero-order chi connectivity index (χ0) is 23.9. The predicted molar refractivity (Wildman–Crippen MR) is 123 cm³/mol. The van der Waals surface area contributed by atoms with E-state index in [4.69, 9.17) is 8.95 Å². The van der Waals surface area contributed by atoms with E-state index in [0.29, 0.717) is 5.76 Å². The van der Waals surface area contributed by atoms with Crippen LogP contribution in [0.4, 0.5) is 0 Å². The molecule has 0 spiro atoms. The van der Waals surface area contributed by atoms with E-state index in [1.165, 1.54) is 6.07 Å². The van der Waals surface area contributed by atoms with Gasteiger partial charge < -0.3 is 14.3 Å². The molecular formula is C22H32N4O5Si. The molecule has 1 aromatic heterocycles. The molecule has 174 valence electrons. The highest BCUT2D eigenvalue weighted by Crippen LogP contribution is 2.37. The quantitative estimate of drug-likeness (QED) is 0.411. The summed E-state index contributed by atoms with van der Waals surface area (Å²) in [5.74, 6) is -0.846. The summed E-state index contributed by atoms with van der Waals surface area (Å²) < 4.78 is 11.2. The average molecular weight is 461 g/mol. The normalized spacial score (nSPS) is 12.7. The van der Waals surface area contributed by atoms with E-state index >= 15 is 0 Å². The summed E-state index contributed by atoms with van der Waals surface area (Å²) in [6.45, 7) is 12.1. The minimum Gasteiger partial charge on any atom is -0.405 e. The van der Waals surface area contributed by atoms with Crippen molar-refractivity contribution in [3.63, 3.8) is 0 Å². The molecule has 0 saturated heterocycles. The van der Waals surface area contributed by atoms with Gasteiger partial charge in [0, 0.05) is 24.6 Å². The number of carbonyl (C=O) groups excluding carboxylic acids is 3. The molecule has 1 aromatic carbocycles. The molecule has 32 heavy (non-hydrogen) atoms. The molecule has 0 aliphatic rings. The number of carbonyl (C=O) groups is 3. The van der Waals surface area contributed by atoms with Crippen molar-refractivity contribution in [3.8, 4) is 11.3 Å². The van der Waals surface area contributed by atoms with Crippen LogP contribution in [0.15, 0.2) is 40.9 Å². The monoisotopic (exact) mass is 460 g/mol. The minimum atomic E-state index is -2.11. The lowest BCUT2D eigenvalue weighted by Gasteiger charge is -2.37. The first-order chi connectivity index (χ1) is 14.9. The lowest BCUT2D eigenvalue weighted by atomic mass is 10.1. The van der Waals surface area contributed by atoms with E-state index in [0.717, 1.165) is 5.56 Å². The highest BCUT2D eigenvalue weighted by atomic mass is 28.4. The number of hydrogen-bond donors (Lipinski definition) is 3. The second-order valence-corrected chi connectivity index (χ2v) is 13.8. The van der Waals surface area contributed by atoms with Crippen LogP contribution in [0.1, 0.15) is 44.6 Å². The summed E-state index contributed by atoms with van der Waals surface area (Å²) >= 11 is 0. The molecule has 3 amide bonds.